The molecule has 0 saturated carbocycles. The first-order valence-electron chi connectivity index (χ1n) is 7.66. The van der Waals surface area contributed by atoms with Gasteiger partial charge in [-0.2, -0.15) is 0 Å². The van der Waals surface area contributed by atoms with E-state index in [4.69, 9.17) is 0 Å². The lowest BCUT2D eigenvalue weighted by Crippen LogP contribution is -1.93. The minimum absolute atomic E-state index is 0.248. The lowest BCUT2D eigenvalue weighted by Gasteiger charge is -2.14. The van der Waals surface area contributed by atoms with Gasteiger partial charge in [-0.3, -0.25) is 0 Å². The van der Waals surface area contributed by atoms with Crippen LogP contribution in [0.15, 0.2) is 57.7 Å². The minimum atomic E-state index is -0.250. The highest BCUT2D eigenvalue weighted by Crippen LogP contribution is 2.34. The largest absolute Gasteiger partial charge is 0.207 e. The van der Waals surface area contributed by atoms with Gasteiger partial charge >= 0.3 is 0 Å². The summed E-state index contributed by atoms with van der Waals surface area (Å²) < 4.78 is 27.7. The molecule has 0 aliphatic carbocycles. The Labute approximate surface area is 150 Å². The third kappa shape index (κ3) is 4.74. The van der Waals surface area contributed by atoms with Gasteiger partial charge in [0.15, 0.2) is 0 Å². The van der Waals surface area contributed by atoms with Crippen molar-refractivity contribution in [2.75, 3.05) is 0 Å². The first kappa shape index (κ1) is 17.9. The Morgan fingerprint density at radius 3 is 1.87 bits per heavy atom. The minimum Gasteiger partial charge on any atom is -0.207 e. The van der Waals surface area contributed by atoms with Gasteiger partial charge in [0.05, 0.1) is 0 Å². The highest BCUT2D eigenvalue weighted by atomic mass is 127. The van der Waals surface area contributed by atoms with Crippen LogP contribution < -0.4 is 0 Å². The Morgan fingerprint density at radius 1 is 0.870 bits per heavy atom. The molecule has 23 heavy (non-hydrogen) atoms. The monoisotopic (exact) mass is 424 g/mol. The fourth-order valence-corrected chi connectivity index (χ4v) is 3.11. The molecule has 3 heteroatoms. The molecule has 120 valence electrons. The van der Waals surface area contributed by atoms with E-state index >= 15 is 0 Å². The summed E-state index contributed by atoms with van der Waals surface area (Å²) in [4.78, 5) is 0. The Kier molecular flexibility index (Phi) is 6.51. The highest BCUT2D eigenvalue weighted by molar-refractivity contribution is 14.1. The summed E-state index contributed by atoms with van der Waals surface area (Å²) in [5.74, 6) is -0.498. The lowest BCUT2D eigenvalue weighted by atomic mass is 9.93. The quantitative estimate of drug-likeness (QED) is 0.275. The summed E-state index contributed by atoms with van der Waals surface area (Å²) in [5.41, 5.74) is 4.20. The van der Waals surface area contributed by atoms with Crippen LogP contribution >= 0.6 is 22.6 Å². The Bertz CT molecular complexity index is 710. The molecule has 0 amide bonds. The third-order valence-electron chi connectivity index (χ3n) is 3.65. The first-order valence-corrected chi connectivity index (χ1v) is 8.74. The van der Waals surface area contributed by atoms with Crippen LogP contribution in [0, 0.1) is 11.6 Å². The van der Waals surface area contributed by atoms with Crippen LogP contribution in [0.3, 0.4) is 0 Å². The molecule has 0 fully saturated rings. The van der Waals surface area contributed by atoms with Crippen LogP contribution in [0.5, 0.6) is 0 Å². The predicted octanol–water partition coefficient (Wildman–Crippen LogP) is 7.01. The molecule has 0 N–H and O–H groups in total. The molecule has 0 nitrogen and oxygen atoms in total. The molecule has 0 bridgehead atoms. The lowest BCUT2D eigenvalue weighted by molar-refractivity contribution is 0.627. The maximum Gasteiger partial charge on any atom is 0.123 e. The summed E-state index contributed by atoms with van der Waals surface area (Å²) in [5, 5.41) is 0. The number of allylic oxidation sites excluding steroid dienone is 3. The third-order valence-corrected chi connectivity index (χ3v) is 5.07. The van der Waals surface area contributed by atoms with Crippen LogP contribution in [-0.4, -0.2) is 0 Å². The second-order valence-electron chi connectivity index (χ2n) is 5.21. The van der Waals surface area contributed by atoms with Crippen molar-refractivity contribution in [3.63, 3.8) is 0 Å². The van der Waals surface area contributed by atoms with Crippen LogP contribution in [0.4, 0.5) is 8.78 Å². The zero-order valence-electron chi connectivity index (χ0n) is 13.2. The molecule has 2 aromatic rings. The average molecular weight is 424 g/mol. The molecule has 0 heterocycles. The molecule has 0 saturated heterocycles. The van der Waals surface area contributed by atoms with Crippen LogP contribution in [-0.2, 0) is 0 Å². The van der Waals surface area contributed by atoms with E-state index in [0.29, 0.717) is 0 Å². The molecular formula is C20H19F2I. The van der Waals surface area contributed by atoms with Gasteiger partial charge in [0.1, 0.15) is 11.6 Å². The summed E-state index contributed by atoms with van der Waals surface area (Å²) in [6.07, 6.45) is 3.88. The fraction of sp³-hybridized carbons (Fsp3) is 0.200. The van der Waals surface area contributed by atoms with E-state index < -0.39 is 0 Å². The molecule has 0 aliphatic rings. The summed E-state index contributed by atoms with van der Waals surface area (Å²) in [6, 6.07) is 12.9. The average Bonchev–Trinajstić information content (AvgIpc) is 2.57. The van der Waals surface area contributed by atoms with Crippen molar-refractivity contribution in [2.24, 2.45) is 0 Å². The summed E-state index contributed by atoms with van der Waals surface area (Å²) in [6.45, 7) is 4.24. The van der Waals surface area contributed by atoms with Crippen LogP contribution in [0.1, 0.15) is 37.8 Å². The SMILES string of the molecule is CC/C(I)=C(CC)/C(=C/c1ccc(F)cc1)c1ccc(F)cc1. The van der Waals surface area contributed by atoms with Crippen molar-refractivity contribution < 1.29 is 8.78 Å². The Morgan fingerprint density at radius 2 is 1.39 bits per heavy atom. The Balaban J connectivity index is 2.59. The van der Waals surface area contributed by atoms with Crippen LogP contribution in [0.2, 0.25) is 0 Å². The van der Waals surface area contributed by atoms with Crippen molar-refractivity contribution in [1.29, 1.82) is 0 Å². The maximum atomic E-state index is 13.3. The van der Waals surface area contributed by atoms with Gasteiger partial charge in [-0.25, -0.2) is 8.78 Å². The van der Waals surface area contributed by atoms with Gasteiger partial charge in [-0.05, 0) is 91.6 Å². The predicted molar refractivity (Wildman–Crippen MR) is 102 cm³/mol. The second-order valence-corrected chi connectivity index (χ2v) is 6.51. The maximum absolute atomic E-state index is 13.3. The zero-order valence-corrected chi connectivity index (χ0v) is 15.4. The van der Waals surface area contributed by atoms with E-state index in [0.717, 1.165) is 29.5 Å². The zero-order chi connectivity index (χ0) is 16.8. The van der Waals surface area contributed by atoms with E-state index in [2.05, 4.69) is 36.4 Å². The van der Waals surface area contributed by atoms with Gasteiger partial charge in [-0.15, -0.1) is 0 Å². The van der Waals surface area contributed by atoms with Crippen molar-refractivity contribution in [3.8, 4) is 0 Å². The molecular weight excluding hydrogens is 405 g/mol. The molecule has 0 aromatic heterocycles. The summed E-state index contributed by atoms with van der Waals surface area (Å²) in [7, 11) is 0. The molecule has 2 rings (SSSR count). The number of rotatable bonds is 5. The highest BCUT2D eigenvalue weighted by Gasteiger charge is 2.11. The number of hydrogen-bond acceptors (Lipinski definition) is 0. The Hall–Kier alpha value is -1.49. The van der Waals surface area contributed by atoms with Crippen molar-refractivity contribution in [3.05, 3.63) is 80.4 Å². The van der Waals surface area contributed by atoms with Gasteiger partial charge in [-0.1, -0.05) is 38.1 Å². The van der Waals surface area contributed by atoms with Crippen molar-refractivity contribution >= 4 is 34.2 Å². The molecule has 2 aromatic carbocycles. The number of halogens is 3. The van der Waals surface area contributed by atoms with Crippen molar-refractivity contribution in [2.45, 2.75) is 26.7 Å². The fourth-order valence-electron chi connectivity index (χ4n) is 2.44. The van der Waals surface area contributed by atoms with E-state index in [9.17, 15) is 8.78 Å². The topological polar surface area (TPSA) is 0 Å². The van der Waals surface area contributed by atoms with Gasteiger partial charge < -0.3 is 0 Å². The molecule has 0 spiro atoms. The molecule has 0 aliphatic heterocycles. The van der Waals surface area contributed by atoms with Gasteiger partial charge in [0.2, 0.25) is 0 Å². The van der Waals surface area contributed by atoms with Crippen molar-refractivity contribution in [1.82, 2.24) is 0 Å². The molecule has 0 unspecified atom stereocenters. The number of hydrogen-bond donors (Lipinski definition) is 0. The summed E-state index contributed by atoms with van der Waals surface area (Å²) >= 11 is 2.37. The standard InChI is InChI=1S/C20H19F2I/c1-3-18(20(23)4-2)19(15-7-11-17(22)12-8-15)13-14-5-9-16(21)10-6-14/h5-13H,3-4H2,1-2H3/b19-13+,20-18-. The van der Waals surface area contributed by atoms with Gasteiger partial charge in [0, 0.05) is 0 Å². The second kappa shape index (κ2) is 8.39. The normalized spacial score (nSPS) is 13.0. The van der Waals surface area contributed by atoms with Gasteiger partial charge in [0.25, 0.3) is 0 Å². The van der Waals surface area contributed by atoms with E-state index in [-0.39, 0.29) is 11.6 Å². The van der Waals surface area contributed by atoms with E-state index in [1.165, 1.54) is 33.4 Å². The first-order chi connectivity index (χ1) is 11.0. The molecule has 0 radical (unpaired) electrons. The van der Waals surface area contributed by atoms with Crippen LogP contribution in [0.25, 0.3) is 11.6 Å². The number of benzene rings is 2. The van der Waals surface area contributed by atoms with E-state index in [1.54, 1.807) is 24.3 Å². The molecule has 0 atom stereocenters. The van der Waals surface area contributed by atoms with E-state index in [1.807, 2.05) is 6.08 Å². The smallest absolute Gasteiger partial charge is 0.123 e.